The SMILES string of the molecule is Cc1cccc(Cl)c1CN1CC[C@@H](O)C1. The third-order valence-electron chi connectivity index (χ3n) is 2.98. The second-order valence-corrected chi connectivity index (χ2v) is 4.62. The van der Waals surface area contributed by atoms with Crippen LogP contribution in [0.5, 0.6) is 0 Å². The predicted molar refractivity (Wildman–Crippen MR) is 62.1 cm³/mol. The first-order valence-corrected chi connectivity index (χ1v) is 5.69. The lowest BCUT2D eigenvalue weighted by Gasteiger charge is -2.17. The van der Waals surface area contributed by atoms with Crippen LogP contribution in [0.4, 0.5) is 0 Å². The molecule has 0 amide bonds. The van der Waals surface area contributed by atoms with Crippen molar-refractivity contribution in [2.75, 3.05) is 13.1 Å². The molecular formula is C12H16ClNO. The number of β-amino-alcohol motifs (C(OH)–C–C–N with tert-alkyl or cyclic N) is 1. The Balaban J connectivity index is 2.10. The fraction of sp³-hybridized carbons (Fsp3) is 0.500. The van der Waals surface area contributed by atoms with E-state index in [1.54, 1.807) is 0 Å². The minimum Gasteiger partial charge on any atom is -0.392 e. The van der Waals surface area contributed by atoms with E-state index in [9.17, 15) is 5.11 Å². The van der Waals surface area contributed by atoms with E-state index in [2.05, 4.69) is 17.9 Å². The number of halogens is 1. The quantitative estimate of drug-likeness (QED) is 0.835. The maximum Gasteiger partial charge on any atom is 0.0679 e. The number of aliphatic hydroxyl groups is 1. The molecule has 0 spiro atoms. The summed E-state index contributed by atoms with van der Waals surface area (Å²) in [6.07, 6.45) is 0.719. The van der Waals surface area contributed by atoms with Gasteiger partial charge < -0.3 is 5.11 Å². The van der Waals surface area contributed by atoms with Gasteiger partial charge in [0.15, 0.2) is 0 Å². The van der Waals surface area contributed by atoms with Gasteiger partial charge in [-0.2, -0.15) is 0 Å². The van der Waals surface area contributed by atoms with E-state index in [4.69, 9.17) is 11.6 Å². The molecule has 3 heteroatoms. The van der Waals surface area contributed by atoms with Gasteiger partial charge in [-0.15, -0.1) is 0 Å². The first-order valence-electron chi connectivity index (χ1n) is 5.31. The number of nitrogens with zero attached hydrogens (tertiary/aromatic N) is 1. The lowest BCUT2D eigenvalue weighted by Crippen LogP contribution is -2.22. The van der Waals surface area contributed by atoms with E-state index in [-0.39, 0.29) is 6.10 Å². The molecule has 1 N–H and O–H groups in total. The zero-order valence-corrected chi connectivity index (χ0v) is 9.67. The average molecular weight is 226 g/mol. The maximum atomic E-state index is 9.44. The summed E-state index contributed by atoms with van der Waals surface area (Å²) in [5, 5.41) is 10.3. The summed E-state index contributed by atoms with van der Waals surface area (Å²) in [5.74, 6) is 0. The van der Waals surface area contributed by atoms with Crippen molar-refractivity contribution < 1.29 is 5.11 Å². The summed E-state index contributed by atoms with van der Waals surface area (Å²) in [6, 6.07) is 5.98. The molecule has 1 heterocycles. The molecule has 15 heavy (non-hydrogen) atoms. The van der Waals surface area contributed by atoms with Crippen LogP contribution in [0.3, 0.4) is 0 Å². The van der Waals surface area contributed by atoms with Gasteiger partial charge in [-0.1, -0.05) is 23.7 Å². The molecule has 0 bridgehead atoms. The largest absolute Gasteiger partial charge is 0.392 e. The summed E-state index contributed by atoms with van der Waals surface area (Å²) >= 11 is 6.16. The van der Waals surface area contributed by atoms with Gasteiger partial charge in [0.1, 0.15) is 0 Å². The van der Waals surface area contributed by atoms with E-state index >= 15 is 0 Å². The Kier molecular flexibility index (Phi) is 3.29. The summed E-state index contributed by atoms with van der Waals surface area (Å²) in [4.78, 5) is 2.25. The van der Waals surface area contributed by atoms with Crippen molar-refractivity contribution >= 4 is 11.6 Å². The summed E-state index contributed by atoms with van der Waals surface area (Å²) in [7, 11) is 0. The van der Waals surface area contributed by atoms with Crippen molar-refractivity contribution in [2.24, 2.45) is 0 Å². The van der Waals surface area contributed by atoms with Crippen molar-refractivity contribution in [3.05, 3.63) is 34.3 Å². The molecule has 82 valence electrons. The fourth-order valence-electron chi connectivity index (χ4n) is 2.05. The van der Waals surface area contributed by atoms with Crippen molar-refractivity contribution in [3.63, 3.8) is 0 Å². The topological polar surface area (TPSA) is 23.5 Å². The number of benzene rings is 1. The highest BCUT2D eigenvalue weighted by atomic mass is 35.5. The third-order valence-corrected chi connectivity index (χ3v) is 3.34. The fourth-order valence-corrected chi connectivity index (χ4v) is 2.33. The van der Waals surface area contributed by atoms with Crippen molar-refractivity contribution in [1.82, 2.24) is 4.90 Å². The number of hydrogen-bond donors (Lipinski definition) is 1. The number of hydrogen-bond acceptors (Lipinski definition) is 2. The third kappa shape index (κ3) is 2.51. The molecular weight excluding hydrogens is 210 g/mol. The first-order chi connectivity index (χ1) is 7.16. The van der Waals surface area contributed by atoms with Crippen molar-refractivity contribution in [3.8, 4) is 0 Å². The Morgan fingerprint density at radius 1 is 1.53 bits per heavy atom. The van der Waals surface area contributed by atoms with Crippen LogP contribution in [0.25, 0.3) is 0 Å². The Hall–Kier alpha value is -0.570. The van der Waals surface area contributed by atoms with E-state index in [1.807, 2.05) is 12.1 Å². The summed E-state index contributed by atoms with van der Waals surface area (Å²) in [5.41, 5.74) is 2.41. The Bertz CT molecular complexity index is 333. The molecule has 2 rings (SSSR count). The zero-order valence-electron chi connectivity index (χ0n) is 8.91. The van der Waals surface area contributed by atoms with Crippen molar-refractivity contribution in [2.45, 2.75) is 26.0 Å². The number of aliphatic hydroxyl groups excluding tert-OH is 1. The van der Waals surface area contributed by atoms with Crippen LogP contribution in [0.2, 0.25) is 5.02 Å². The van der Waals surface area contributed by atoms with Crippen LogP contribution in [0, 0.1) is 6.92 Å². The van der Waals surface area contributed by atoms with Gasteiger partial charge in [-0.05, 0) is 30.5 Å². The molecule has 0 saturated carbocycles. The summed E-state index contributed by atoms with van der Waals surface area (Å²) in [6.45, 7) is 4.66. The molecule has 1 atom stereocenters. The molecule has 0 unspecified atom stereocenters. The minimum absolute atomic E-state index is 0.159. The standard InChI is InChI=1S/C12H16ClNO/c1-9-3-2-4-12(13)11(9)8-14-6-5-10(15)7-14/h2-4,10,15H,5-8H2,1H3/t10-/m1/s1. The number of aryl methyl sites for hydroxylation is 1. The smallest absolute Gasteiger partial charge is 0.0679 e. The van der Waals surface area contributed by atoms with Crippen LogP contribution >= 0.6 is 11.6 Å². The van der Waals surface area contributed by atoms with Crippen LogP contribution in [0.15, 0.2) is 18.2 Å². The van der Waals surface area contributed by atoms with E-state index in [1.165, 1.54) is 11.1 Å². The first kappa shape index (κ1) is 10.9. The average Bonchev–Trinajstić information content (AvgIpc) is 2.58. The van der Waals surface area contributed by atoms with Crippen LogP contribution < -0.4 is 0 Å². The van der Waals surface area contributed by atoms with Gasteiger partial charge in [0, 0.05) is 24.7 Å². The van der Waals surface area contributed by atoms with Gasteiger partial charge >= 0.3 is 0 Å². The normalized spacial score (nSPS) is 22.2. The van der Waals surface area contributed by atoms with E-state index < -0.39 is 0 Å². The molecule has 0 radical (unpaired) electrons. The van der Waals surface area contributed by atoms with Crippen LogP contribution in [-0.2, 0) is 6.54 Å². The van der Waals surface area contributed by atoms with E-state index in [0.29, 0.717) is 0 Å². The van der Waals surface area contributed by atoms with Crippen LogP contribution in [-0.4, -0.2) is 29.2 Å². The molecule has 1 saturated heterocycles. The Morgan fingerprint density at radius 2 is 2.33 bits per heavy atom. The van der Waals surface area contributed by atoms with Crippen molar-refractivity contribution in [1.29, 1.82) is 0 Å². The summed E-state index contributed by atoms with van der Waals surface area (Å²) < 4.78 is 0. The number of rotatable bonds is 2. The number of likely N-dealkylation sites (tertiary alicyclic amines) is 1. The van der Waals surface area contributed by atoms with Crippen LogP contribution in [0.1, 0.15) is 17.5 Å². The molecule has 0 aromatic heterocycles. The highest BCUT2D eigenvalue weighted by molar-refractivity contribution is 6.31. The van der Waals surface area contributed by atoms with Gasteiger partial charge in [-0.3, -0.25) is 4.90 Å². The molecule has 1 aliphatic rings. The van der Waals surface area contributed by atoms with E-state index in [0.717, 1.165) is 31.1 Å². The molecule has 1 aliphatic heterocycles. The molecule has 0 aliphatic carbocycles. The molecule has 2 nitrogen and oxygen atoms in total. The maximum absolute atomic E-state index is 9.44. The highest BCUT2D eigenvalue weighted by Gasteiger charge is 2.21. The zero-order chi connectivity index (χ0) is 10.8. The lowest BCUT2D eigenvalue weighted by molar-refractivity contribution is 0.174. The molecule has 1 aromatic carbocycles. The van der Waals surface area contributed by atoms with Gasteiger partial charge in [0.25, 0.3) is 0 Å². The molecule has 1 aromatic rings. The Morgan fingerprint density at radius 3 is 2.93 bits per heavy atom. The second-order valence-electron chi connectivity index (χ2n) is 4.21. The van der Waals surface area contributed by atoms with Gasteiger partial charge in [-0.25, -0.2) is 0 Å². The van der Waals surface area contributed by atoms with Gasteiger partial charge in [0.2, 0.25) is 0 Å². The minimum atomic E-state index is -0.159. The Labute approximate surface area is 95.5 Å². The predicted octanol–water partition coefficient (Wildman–Crippen LogP) is 2.22. The lowest BCUT2D eigenvalue weighted by atomic mass is 10.1. The van der Waals surface area contributed by atoms with Gasteiger partial charge in [0.05, 0.1) is 6.10 Å². The monoisotopic (exact) mass is 225 g/mol. The highest BCUT2D eigenvalue weighted by Crippen LogP contribution is 2.23. The second kappa shape index (κ2) is 4.52. The molecule has 1 fully saturated rings.